The molecule has 21 heavy (non-hydrogen) atoms. The highest BCUT2D eigenvalue weighted by Gasteiger charge is 2.13. The standard InChI is InChI=1S/C16H14N2O3/c1-20-13-6-7-14(15(9-13)21-2)16(19)18-12-5-3-4-11(8-12)10-17/h3-9H,1-2H3,(H,18,19). The van der Waals surface area contributed by atoms with Crippen molar-refractivity contribution in [2.75, 3.05) is 19.5 Å². The molecule has 0 saturated carbocycles. The maximum Gasteiger partial charge on any atom is 0.259 e. The molecular formula is C16H14N2O3. The van der Waals surface area contributed by atoms with E-state index < -0.39 is 0 Å². The van der Waals surface area contributed by atoms with E-state index in [0.717, 1.165) is 0 Å². The monoisotopic (exact) mass is 282 g/mol. The Morgan fingerprint density at radius 2 is 1.95 bits per heavy atom. The van der Waals surface area contributed by atoms with Gasteiger partial charge in [0, 0.05) is 11.8 Å². The Kier molecular flexibility index (Phi) is 4.42. The van der Waals surface area contributed by atoms with Gasteiger partial charge in [0.1, 0.15) is 11.5 Å². The number of anilines is 1. The first-order chi connectivity index (χ1) is 10.2. The molecule has 0 atom stereocenters. The number of rotatable bonds is 4. The largest absolute Gasteiger partial charge is 0.497 e. The van der Waals surface area contributed by atoms with Crippen molar-refractivity contribution in [1.29, 1.82) is 5.26 Å². The smallest absolute Gasteiger partial charge is 0.259 e. The van der Waals surface area contributed by atoms with Gasteiger partial charge in [-0.05, 0) is 30.3 Å². The number of hydrogen-bond acceptors (Lipinski definition) is 4. The van der Waals surface area contributed by atoms with Gasteiger partial charge in [0.2, 0.25) is 0 Å². The molecule has 0 aliphatic carbocycles. The summed E-state index contributed by atoms with van der Waals surface area (Å²) in [6, 6.07) is 13.7. The van der Waals surface area contributed by atoms with Crippen molar-refractivity contribution in [2.45, 2.75) is 0 Å². The van der Waals surface area contributed by atoms with E-state index in [9.17, 15) is 4.79 Å². The van der Waals surface area contributed by atoms with E-state index in [2.05, 4.69) is 5.32 Å². The van der Waals surface area contributed by atoms with Crippen LogP contribution in [0.15, 0.2) is 42.5 Å². The minimum absolute atomic E-state index is 0.315. The lowest BCUT2D eigenvalue weighted by Crippen LogP contribution is -2.13. The normalized spacial score (nSPS) is 9.57. The molecule has 0 aromatic heterocycles. The van der Waals surface area contributed by atoms with Crippen LogP contribution in [-0.4, -0.2) is 20.1 Å². The number of carbonyl (C=O) groups excluding carboxylic acids is 1. The van der Waals surface area contributed by atoms with Crippen LogP contribution in [0.1, 0.15) is 15.9 Å². The number of nitrogens with one attached hydrogen (secondary N) is 1. The van der Waals surface area contributed by atoms with Gasteiger partial charge in [0.05, 0.1) is 31.4 Å². The number of nitriles is 1. The Morgan fingerprint density at radius 1 is 1.14 bits per heavy atom. The molecule has 0 saturated heterocycles. The minimum atomic E-state index is -0.315. The molecule has 1 N–H and O–H groups in total. The fourth-order valence-corrected chi connectivity index (χ4v) is 1.85. The van der Waals surface area contributed by atoms with E-state index >= 15 is 0 Å². The third kappa shape index (κ3) is 3.31. The second kappa shape index (κ2) is 6.44. The lowest BCUT2D eigenvalue weighted by molar-refractivity contribution is 0.102. The lowest BCUT2D eigenvalue weighted by atomic mass is 10.1. The van der Waals surface area contributed by atoms with Crippen LogP contribution < -0.4 is 14.8 Å². The highest BCUT2D eigenvalue weighted by molar-refractivity contribution is 6.06. The van der Waals surface area contributed by atoms with Crippen molar-refractivity contribution in [1.82, 2.24) is 0 Å². The molecule has 5 nitrogen and oxygen atoms in total. The number of carbonyl (C=O) groups is 1. The topological polar surface area (TPSA) is 71.3 Å². The van der Waals surface area contributed by atoms with Gasteiger partial charge in [-0.25, -0.2) is 0 Å². The van der Waals surface area contributed by atoms with Crippen LogP contribution in [0.3, 0.4) is 0 Å². The Balaban J connectivity index is 2.26. The second-order valence-corrected chi connectivity index (χ2v) is 4.21. The lowest BCUT2D eigenvalue weighted by Gasteiger charge is -2.11. The average molecular weight is 282 g/mol. The number of nitrogens with zero attached hydrogens (tertiary/aromatic N) is 1. The molecule has 0 fully saturated rings. The zero-order valence-electron chi connectivity index (χ0n) is 11.7. The fourth-order valence-electron chi connectivity index (χ4n) is 1.85. The summed E-state index contributed by atoms with van der Waals surface area (Å²) in [7, 11) is 3.03. The van der Waals surface area contributed by atoms with E-state index in [1.54, 1.807) is 49.6 Å². The summed E-state index contributed by atoms with van der Waals surface area (Å²) in [4.78, 5) is 12.3. The summed E-state index contributed by atoms with van der Waals surface area (Å²) in [6.45, 7) is 0. The molecule has 2 aromatic rings. The maximum atomic E-state index is 12.3. The van der Waals surface area contributed by atoms with Gasteiger partial charge in [-0.2, -0.15) is 5.26 Å². The molecule has 0 aliphatic rings. The summed E-state index contributed by atoms with van der Waals surface area (Å²) in [5, 5.41) is 11.6. The highest BCUT2D eigenvalue weighted by Crippen LogP contribution is 2.25. The van der Waals surface area contributed by atoms with Crippen LogP contribution in [0, 0.1) is 11.3 Å². The van der Waals surface area contributed by atoms with Crippen molar-refractivity contribution in [3.8, 4) is 17.6 Å². The van der Waals surface area contributed by atoms with Gasteiger partial charge >= 0.3 is 0 Å². The van der Waals surface area contributed by atoms with Gasteiger partial charge in [0.15, 0.2) is 0 Å². The third-order valence-electron chi connectivity index (χ3n) is 2.90. The maximum absolute atomic E-state index is 12.3. The summed E-state index contributed by atoms with van der Waals surface area (Å²) in [5.41, 5.74) is 1.42. The first-order valence-corrected chi connectivity index (χ1v) is 6.21. The van der Waals surface area contributed by atoms with Crippen molar-refractivity contribution < 1.29 is 14.3 Å². The van der Waals surface area contributed by atoms with Gasteiger partial charge in [-0.3, -0.25) is 4.79 Å². The van der Waals surface area contributed by atoms with Crippen molar-refractivity contribution in [3.63, 3.8) is 0 Å². The fraction of sp³-hybridized carbons (Fsp3) is 0.125. The summed E-state index contributed by atoms with van der Waals surface area (Å²) in [5.74, 6) is 0.711. The highest BCUT2D eigenvalue weighted by atomic mass is 16.5. The molecule has 0 heterocycles. The molecule has 5 heteroatoms. The third-order valence-corrected chi connectivity index (χ3v) is 2.90. The van der Waals surface area contributed by atoms with Crippen molar-refractivity contribution >= 4 is 11.6 Å². The second-order valence-electron chi connectivity index (χ2n) is 4.21. The molecule has 2 rings (SSSR count). The summed E-state index contributed by atoms with van der Waals surface area (Å²) in [6.07, 6.45) is 0. The molecular weight excluding hydrogens is 268 g/mol. The SMILES string of the molecule is COc1ccc(C(=O)Nc2cccc(C#N)c2)c(OC)c1. The molecule has 0 aliphatic heterocycles. The summed E-state index contributed by atoms with van der Waals surface area (Å²) >= 11 is 0. The van der Waals surface area contributed by atoms with E-state index in [1.165, 1.54) is 7.11 Å². The zero-order chi connectivity index (χ0) is 15.2. The Hall–Kier alpha value is -3.00. The minimum Gasteiger partial charge on any atom is -0.497 e. The Morgan fingerprint density at radius 3 is 2.62 bits per heavy atom. The first kappa shape index (κ1) is 14.4. The molecule has 0 bridgehead atoms. The number of amides is 1. The van der Waals surface area contributed by atoms with Gasteiger partial charge < -0.3 is 14.8 Å². The Bertz CT molecular complexity index is 705. The summed E-state index contributed by atoms with van der Waals surface area (Å²) < 4.78 is 10.3. The molecule has 0 radical (unpaired) electrons. The molecule has 1 amide bonds. The molecule has 0 spiro atoms. The van der Waals surface area contributed by atoms with E-state index in [-0.39, 0.29) is 5.91 Å². The van der Waals surface area contributed by atoms with Gasteiger partial charge in [-0.15, -0.1) is 0 Å². The van der Waals surface area contributed by atoms with E-state index in [0.29, 0.717) is 28.3 Å². The number of benzene rings is 2. The predicted molar refractivity (Wildman–Crippen MR) is 78.7 cm³/mol. The van der Waals surface area contributed by atoms with Crippen LogP contribution in [-0.2, 0) is 0 Å². The van der Waals surface area contributed by atoms with Crippen molar-refractivity contribution in [3.05, 3.63) is 53.6 Å². The van der Waals surface area contributed by atoms with Crippen LogP contribution in [0.25, 0.3) is 0 Å². The van der Waals surface area contributed by atoms with Crippen LogP contribution in [0.5, 0.6) is 11.5 Å². The number of hydrogen-bond donors (Lipinski definition) is 1. The van der Waals surface area contributed by atoms with Gasteiger partial charge in [0.25, 0.3) is 5.91 Å². The van der Waals surface area contributed by atoms with Crippen LogP contribution in [0.4, 0.5) is 5.69 Å². The number of ether oxygens (including phenoxy) is 2. The van der Waals surface area contributed by atoms with E-state index in [1.807, 2.05) is 6.07 Å². The van der Waals surface area contributed by atoms with Crippen LogP contribution >= 0.6 is 0 Å². The van der Waals surface area contributed by atoms with Gasteiger partial charge in [-0.1, -0.05) is 6.07 Å². The number of methoxy groups -OCH3 is 2. The zero-order valence-corrected chi connectivity index (χ0v) is 11.7. The van der Waals surface area contributed by atoms with Crippen LogP contribution in [0.2, 0.25) is 0 Å². The van der Waals surface area contributed by atoms with Crippen molar-refractivity contribution in [2.24, 2.45) is 0 Å². The molecule has 0 unspecified atom stereocenters. The average Bonchev–Trinajstić information content (AvgIpc) is 2.54. The van der Waals surface area contributed by atoms with E-state index in [4.69, 9.17) is 14.7 Å². The first-order valence-electron chi connectivity index (χ1n) is 6.21. The molecule has 106 valence electrons. The predicted octanol–water partition coefficient (Wildman–Crippen LogP) is 2.83. The molecule has 2 aromatic carbocycles. The quantitative estimate of drug-likeness (QED) is 0.936. The Labute approximate surface area is 122 Å².